The molecule has 0 saturated carbocycles. The van der Waals surface area contributed by atoms with Gasteiger partial charge in [0.2, 0.25) is 5.91 Å². The van der Waals surface area contributed by atoms with Gasteiger partial charge in [-0.25, -0.2) is 4.39 Å². The number of hydrogen-bond donors (Lipinski definition) is 2. The summed E-state index contributed by atoms with van der Waals surface area (Å²) >= 11 is 0. The molecule has 1 aromatic carbocycles. The molecule has 1 aromatic rings. The van der Waals surface area contributed by atoms with Crippen LogP contribution in [0.4, 0.5) is 10.1 Å². The summed E-state index contributed by atoms with van der Waals surface area (Å²) in [5.74, 6) is -0.452. The summed E-state index contributed by atoms with van der Waals surface area (Å²) in [4.78, 5) is 13.0. The Morgan fingerprint density at radius 1 is 1.44 bits per heavy atom. The van der Waals surface area contributed by atoms with Crippen LogP contribution in [0.5, 0.6) is 0 Å². The van der Waals surface area contributed by atoms with Gasteiger partial charge in [0.05, 0.1) is 12.2 Å². The zero-order valence-corrected chi connectivity index (χ0v) is 11.1. The van der Waals surface area contributed by atoms with Crippen LogP contribution in [0.25, 0.3) is 0 Å². The van der Waals surface area contributed by atoms with Crippen molar-refractivity contribution >= 4 is 11.6 Å². The molecule has 0 aliphatic rings. The molecule has 5 heteroatoms. The van der Waals surface area contributed by atoms with E-state index in [1.165, 1.54) is 6.07 Å². The van der Waals surface area contributed by atoms with E-state index in [0.717, 1.165) is 12.1 Å². The van der Waals surface area contributed by atoms with Gasteiger partial charge < -0.3 is 15.5 Å². The Morgan fingerprint density at radius 3 is 2.78 bits per heavy atom. The molecule has 0 fully saturated rings. The molecule has 0 bridgehead atoms. The summed E-state index contributed by atoms with van der Waals surface area (Å²) in [6, 6.07) is 4.95. The summed E-state index contributed by atoms with van der Waals surface area (Å²) in [6.45, 7) is 3.53. The average Bonchev–Trinajstić information content (AvgIpc) is 2.35. The molecule has 0 aromatic heterocycles. The van der Waals surface area contributed by atoms with E-state index in [-0.39, 0.29) is 18.3 Å². The smallest absolute Gasteiger partial charge is 0.239 e. The molecule has 18 heavy (non-hydrogen) atoms. The Morgan fingerprint density at radius 2 is 2.17 bits per heavy atom. The lowest BCUT2D eigenvalue weighted by atomic mass is 10.1. The van der Waals surface area contributed by atoms with Crippen molar-refractivity contribution in [3.63, 3.8) is 0 Å². The van der Waals surface area contributed by atoms with Crippen molar-refractivity contribution < 1.29 is 9.18 Å². The lowest BCUT2D eigenvalue weighted by Gasteiger charge is -2.22. The monoisotopic (exact) mass is 253 g/mol. The van der Waals surface area contributed by atoms with E-state index in [1.807, 2.05) is 13.0 Å². The second-order valence-corrected chi connectivity index (χ2v) is 4.06. The van der Waals surface area contributed by atoms with E-state index in [1.54, 1.807) is 25.1 Å². The third-order valence-electron chi connectivity index (χ3n) is 2.68. The molecule has 0 aliphatic carbocycles. The third kappa shape index (κ3) is 3.70. The van der Waals surface area contributed by atoms with Gasteiger partial charge in [-0.2, -0.15) is 0 Å². The summed E-state index contributed by atoms with van der Waals surface area (Å²) < 4.78 is 13.9. The van der Waals surface area contributed by atoms with Crippen LogP contribution < -0.4 is 15.5 Å². The minimum Gasteiger partial charge on any atom is -0.363 e. The summed E-state index contributed by atoms with van der Waals surface area (Å²) in [7, 11) is 3.28. The van der Waals surface area contributed by atoms with Crippen LogP contribution in [0.3, 0.4) is 0 Å². The second kappa shape index (κ2) is 6.96. The number of hydrogen-bond acceptors (Lipinski definition) is 3. The molecule has 1 rings (SSSR count). The van der Waals surface area contributed by atoms with Gasteiger partial charge in [-0.3, -0.25) is 4.79 Å². The van der Waals surface area contributed by atoms with Crippen molar-refractivity contribution in [3.05, 3.63) is 29.6 Å². The molecule has 0 unspecified atom stereocenters. The Labute approximate surface area is 107 Å². The summed E-state index contributed by atoms with van der Waals surface area (Å²) in [5.41, 5.74) is 1.32. The van der Waals surface area contributed by atoms with Crippen LogP contribution in [0.15, 0.2) is 18.2 Å². The molecule has 0 saturated heterocycles. The second-order valence-electron chi connectivity index (χ2n) is 4.06. The zero-order valence-electron chi connectivity index (χ0n) is 11.1. The minimum atomic E-state index is -0.309. The predicted molar refractivity (Wildman–Crippen MR) is 71.1 cm³/mol. The fraction of sp³-hybridized carbons (Fsp3) is 0.462. The highest BCUT2D eigenvalue weighted by molar-refractivity contribution is 5.81. The van der Waals surface area contributed by atoms with Crippen molar-refractivity contribution in [2.24, 2.45) is 0 Å². The maximum atomic E-state index is 13.9. The number of nitrogens with zero attached hydrogens (tertiary/aromatic N) is 1. The maximum absolute atomic E-state index is 13.9. The number of carbonyl (C=O) groups is 1. The van der Waals surface area contributed by atoms with E-state index in [0.29, 0.717) is 12.2 Å². The zero-order chi connectivity index (χ0) is 13.5. The summed E-state index contributed by atoms with van der Waals surface area (Å²) in [5, 5.41) is 5.69. The fourth-order valence-corrected chi connectivity index (χ4v) is 1.76. The van der Waals surface area contributed by atoms with Gasteiger partial charge in [0.1, 0.15) is 5.82 Å². The van der Waals surface area contributed by atoms with E-state index >= 15 is 0 Å². The molecular formula is C13H20FN3O. The molecule has 0 radical (unpaired) electrons. The largest absolute Gasteiger partial charge is 0.363 e. The van der Waals surface area contributed by atoms with E-state index in [4.69, 9.17) is 0 Å². The van der Waals surface area contributed by atoms with Crippen LogP contribution in [0, 0.1) is 5.82 Å². The average molecular weight is 253 g/mol. The van der Waals surface area contributed by atoms with Crippen LogP contribution >= 0.6 is 0 Å². The number of amides is 1. The van der Waals surface area contributed by atoms with Crippen molar-refractivity contribution in [2.75, 3.05) is 32.1 Å². The Bertz CT molecular complexity index is 409. The Balaban J connectivity index is 2.93. The van der Waals surface area contributed by atoms with Gasteiger partial charge in [-0.1, -0.05) is 19.1 Å². The molecule has 0 atom stereocenters. The molecule has 4 nitrogen and oxygen atoms in total. The SMILES string of the molecule is CCNCc1cccc(F)c1N(C)CC(=O)NC. The van der Waals surface area contributed by atoms with E-state index < -0.39 is 0 Å². The number of nitrogens with one attached hydrogen (secondary N) is 2. The Kier molecular flexibility index (Phi) is 5.58. The normalized spacial score (nSPS) is 10.2. The van der Waals surface area contributed by atoms with Crippen LogP contribution in [0.1, 0.15) is 12.5 Å². The van der Waals surface area contributed by atoms with Gasteiger partial charge in [0.15, 0.2) is 0 Å². The number of carbonyl (C=O) groups excluding carboxylic acids is 1. The third-order valence-corrected chi connectivity index (χ3v) is 2.68. The first-order valence-corrected chi connectivity index (χ1v) is 6.00. The first-order valence-electron chi connectivity index (χ1n) is 6.00. The minimum absolute atomic E-state index is 0.135. The Hall–Kier alpha value is -1.62. The number of para-hydroxylation sites is 1. The van der Waals surface area contributed by atoms with Crippen LogP contribution in [-0.4, -0.2) is 33.1 Å². The van der Waals surface area contributed by atoms with Gasteiger partial charge in [-0.15, -0.1) is 0 Å². The van der Waals surface area contributed by atoms with Gasteiger partial charge in [-0.05, 0) is 18.2 Å². The lowest BCUT2D eigenvalue weighted by molar-refractivity contribution is -0.119. The van der Waals surface area contributed by atoms with Crippen LogP contribution in [-0.2, 0) is 11.3 Å². The number of halogens is 1. The van der Waals surface area contributed by atoms with Crippen molar-refractivity contribution in [3.8, 4) is 0 Å². The lowest BCUT2D eigenvalue weighted by Crippen LogP contribution is -2.34. The number of anilines is 1. The van der Waals surface area contributed by atoms with E-state index in [2.05, 4.69) is 10.6 Å². The van der Waals surface area contributed by atoms with Crippen LogP contribution in [0.2, 0.25) is 0 Å². The quantitative estimate of drug-likeness (QED) is 0.798. The molecule has 0 aliphatic heterocycles. The summed E-state index contributed by atoms with van der Waals surface area (Å²) in [6.07, 6.45) is 0. The van der Waals surface area contributed by atoms with Crippen molar-refractivity contribution in [1.29, 1.82) is 0 Å². The maximum Gasteiger partial charge on any atom is 0.239 e. The number of benzene rings is 1. The van der Waals surface area contributed by atoms with Gasteiger partial charge in [0.25, 0.3) is 0 Å². The molecular weight excluding hydrogens is 233 g/mol. The molecule has 0 heterocycles. The first kappa shape index (κ1) is 14.4. The molecule has 0 spiro atoms. The highest BCUT2D eigenvalue weighted by Gasteiger charge is 2.14. The van der Waals surface area contributed by atoms with Gasteiger partial charge in [0, 0.05) is 20.6 Å². The molecule has 2 N–H and O–H groups in total. The van der Waals surface area contributed by atoms with Crippen molar-refractivity contribution in [1.82, 2.24) is 10.6 Å². The highest BCUT2D eigenvalue weighted by Crippen LogP contribution is 2.23. The fourth-order valence-electron chi connectivity index (χ4n) is 1.76. The van der Waals surface area contributed by atoms with E-state index in [9.17, 15) is 9.18 Å². The number of likely N-dealkylation sites (N-methyl/N-ethyl adjacent to an activating group) is 2. The molecule has 100 valence electrons. The number of rotatable bonds is 6. The molecule has 1 amide bonds. The van der Waals surface area contributed by atoms with Crippen molar-refractivity contribution in [2.45, 2.75) is 13.5 Å². The standard InChI is InChI=1S/C13H20FN3O/c1-4-16-8-10-6-5-7-11(14)13(10)17(3)9-12(18)15-2/h5-7,16H,4,8-9H2,1-3H3,(H,15,18). The topological polar surface area (TPSA) is 44.4 Å². The predicted octanol–water partition coefficient (Wildman–Crippen LogP) is 1.12. The highest BCUT2D eigenvalue weighted by atomic mass is 19.1. The first-order chi connectivity index (χ1) is 8.60. The van der Waals surface area contributed by atoms with Gasteiger partial charge >= 0.3 is 0 Å².